The third-order valence-electron chi connectivity index (χ3n) is 4.41. The molecular formula is C16H22ClNO2. The standard InChI is InChI=1S/C16H22ClNO2/c1-4-18-15(11-9-16(11,2)3)10-7-13-14(8-12(10)17)20-6-5-19-13/h7-8,11,15,18H,4-6,9H2,1-3H3. The van der Waals surface area contributed by atoms with Crippen molar-refractivity contribution >= 4 is 11.6 Å². The second-order valence-corrected chi connectivity index (χ2v) is 6.76. The van der Waals surface area contributed by atoms with E-state index in [9.17, 15) is 0 Å². The van der Waals surface area contributed by atoms with Gasteiger partial charge in [0.25, 0.3) is 0 Å². The fraction of sp³-hybridized carbons (Fsp3) is 0.625. The Morgan fingerprint density at radius 3 is 2.45 bits per heavy atom. The molecular weight excluding hydrogens is 274 g/mol. The molecule has 1 fully saturated rings. The summed E-state index contributed by atoms with van der Waals surface area (Å²) in [7, 11) is 0. The summed E-state index contributed by atoms with van der Waals surface area (Å²) in [6.45, 7) is 8.89. The molecule has 2 atom stereocenters. The molecule has 1 heterocycles. The highest BCUT2D eigenvalue weighted by Gasteiger charge is 2.50. The van der Waals surface area contributed by atoms with Crippen LogP contribution >= 0.6 is 11.6 Å². The molecule has 0 saturated heterocycles. The van der Waals surface area contributed by atoms with E-state index in [-0.39, 0.29) is 0 Å². The van der Waals surface area contributed by atoms with Gasteiger partial charge >= 0.3 is 0 Å². The normalized spacial score (nSPS) is 24.3. The van der Waals surface area contributed by atoms with Gasteiger partial charge in [0.2, 0.25) is 0 Å². The van der Waals surface area contributed by atoms with Gasteiger partial charge in [-0.15, -0.1) is 0 Å². The Bertz CT molecular complexity index is 515. The number of halogens is 1. The monoisotopic (exact) mass is 295 g/mol. The number of rotatable bonds is 4. The maximum atomic E-state index is 6.48. The van der Waals surface area contributed by atoms with Gasteiger partial charge in [0.1, 0.15) is 13.2 Å². The summed E-state index contributed by atoms with van der Waals surface area (Å²) < 4.78 is 11.3. The zero-order valence-corrected chi connectivity index (χ0v) is 13.1. The summed E-state index contributed by atoms with van der Waals surface area (Å²) in [5.41, 5.74) is 1.53. The summed E-state index contributed by atoms with van der Waals surface area (Å²) >= 11 is 6.48. The molecule has 0 aromatic heterocycles. The first-order chi connectivity index (χ1) is 9.53. The topological polar surface area (TPSA) is 30.5 Å². The molecule has 0 spiro atoms. The van der Waals surface area contributed by atoms with Gasteiger partial charge in [-0.3, -0.25) is 0 Å². The maximum Gasteiger partial charge on any atom is 0.162 e. The van der Waals surface area contributed by atoms with Gasteiger partial charge in [0.15, 0.2) is 11.5 Å². The van der Waals surface area contributed by atoms with Crippen LogP contribution in [-0.2, 0) is 0 Å². The van der Waals surface area contributed by atoms with Crippen molar-refractivity contribution in [2.45, 2.75) is 33.2 Å². The molecule has 1 aliphatic carbocycles. The van der Waals surface area contributed by atoms with Crippen LogP contribution in [0.2, 0.25) is 5.02 Å². The Morgan fingerprint density at radius 2 is 1.90 bits per heavy atom. The smallest absolute Gasteiger partial charge is 0.162 e. The lowest BCUT2D eigenvalue weighted by Gasteiger charge is -2.25. The number of ether oxygens (including phenoxy) is 2. The highest BCUT2D eigenvalue weighted by molar-refractivity contribution is 6.31. The Labute approximate surface area is 125 Å². The van der Waals surface area contributed by atoms with Crippen molar-refractivity contribution in [3.63, 3.8) is 0 Å². The average molecular weight is 296 g/mol. The van der Waals surface area contributed by atoms with Crippen LogP contribution in [0.4, 0.5) is 0 Å². The Hall–Kier alpha value is -0.930. The molecule has 0 amide bonds. The van der Waals surface area contributed by atoms with Crippen LogP contribution in [-0.4, -0.2) is 19.8 Å². The van der Waals surface area contributed by atoms with Gasteiger partial charge < -0.3 is 14.8 Å². The highest BCUT2D eigenvalue weighted by atomic mass is 35.5. The zero-order valence-electron chi connectivity index (χ0n) is 12.3. The molecule has 3 nitrogen and oxygen atoms in total. The molecule has 2 unspecified atom stereocenters. The van der Waals surface area contributed by atoms with Crippen molar-refractivity contribution < 1.29 is 9.47 Å². The predicted octanol–water partition coefficient (Wildman–Crippen LogP) is 3.81. The molecule has 1 aromatic carbocycles. The molecule has 1 aliphatic heterocycles. The zero-order chi connectivity index (χ0) is 14.3. The molecule has 1 aromatic rings. The lowest BCUT2D eigenvalue weighted by atomic mass is 9.96. The van der Waals surface area contributed by atoms with E-state index in [0.29, 0.717) is 30.6 Å². The first kappa shape index (κ1) is 14.0. The van der Waals surface area contributed by atoms with Crippen molar-refractivity contribution in [1.29, 1.82) is 0 Å². The average Bonchev–Trinajstić information content (AvgIpc) is 3.04. The van der Waals surface area contributed by atoms with E-state index in [1.165, 1.54) is 6.42 Å². The third-order valence-corrected chi connectivity index (χ3v) is 4.74. The van der Waals surface area contributed by atoms with Crippen LogP contribution in [0.15, 0.2) is 12.1 Å². The quantitative estimate of drug-likeness (QED) is 0.916. The van der Waals surface area contributed by atoms with Gasteiger partial charge in [0.05, 0.1) is 0 Å². The largest absolute Gasteiger partial charge is 0.486 e. The highest BCUT2D eigenvalue weighted by Crippen LogP contribution is 2.58. The lowest BCUT2D eigenvalue weighted by molar-refractivity contribution is 0.171. The van der Waals surface area contributed by atoms with Crippen molar-refractivity contribution in [3.05, 3.63) is 22.7 Å². The molecule has 0 bridgehead atoms. The number of hydrogen-bond donors (Lipinski definition) is 1. The van der Waals surface area contributed by atoms with Crippen molar-refractivity contribution in [3.8, 4) is 11.5 Å². The van der Waals surface area contributed by atoms with Gasteiger partial charge in [-0.1, -0.05) is 32.4 Å². The van der Waals surface area contributed by atoms with E-state index in [0.717, 1.165) is 28.6 Å². The molecule has 20 heavy (non-hydrogen) atoms. The minimum Gasteiger partial charge on any atom is -0.486 e. The Kier molecular flexibility index (Phi) is 3.59. The summed E-state index contributed by atoms with van der Waals surface area (Å²) in [5, 5.41) is 4.35. The predicted molar refractivity (Wildman–Crippen MR) is 80.7 cm³/mol. The second kappa shape index (κ2) is 5.12. The molecule has 3 rings (SSSR count). The Balaban J connectivity index is 1.94. The van der Waals surface area contributed by atoms with Crippen LogP contribution < -0.4 is 14.8 Å². The van der Waals surface area contributed by atoms with E-state index < -0.39 is 0 Å². The van der Waals surface area contributed by atoms with Gasteiger partial charge in [-0.25, -0.2) is 0 Å². The van der Waals surface area contributed by atoms with Gasteiger partial charge in [0, 0.05) is 17.1 Å². The molecule has 2 aliphatic rings. The first-order valence-corrected chi connectivity index (χ1v) is 7.73. The molecule has 1 saturated carbocycles. The van der Waals surface area contributed by atoms with E-state index >= 15 is 0 Å². The number of benzene rings is 1. The summed E-state index contributed by atoms with van der Waals surface area (Å²) in [4.78, 5) is 0. The van der Waals surface area contributed by atoms with E-state index in [1.54, 1.807) is 0 Å². The van der Waals surface area contributed by atoms with E-state index in [1.807, 2.05) is 6.07 Å². The summed E-state index contributed by atoms with van der Waals surface area (Å²) in [6, 6.07) is 4.24. The minimum absolute atomic E-state index is 0.290. The first-order valence-electron chi connectivity index (χ1n) is 7.35. The molecule has 0 radical (unpaired) electrons. The van der Waals surface area contributed by atoms with Gasteiger partial charge in [-0.05, 0) is 35.9 Å². The minimum atomic E-state index is 0.290. The lowest BCUT2D eigenvalue weighted by Crippen LogP contribution is -2.25. The van der Waals surface area contributed by atoms with Crippen molar-refractivity contribution in [2.75, 3.05) is 19.8 Å². The van der Waals surface area contributed by atoms with Crippen LogP contribution in [0.5, 0.6) is 11.5 Å². The Morgan fingerprint density at radius 1 is 1.30 bits per heavy atom. The van der Waals surface area contributed by atoms with Crippen molar-refractivity contribution in [2.24, 2.45) is 11.3 Å². The fourth-order valence-electron chi connectivity index (χ4n) is 3.08. The third kappa shape index (κ3) is 2.49. The molecule has 1 N–H and O–H groups in total. The number of fused-ring (bicyclic) bond motifs is 1. The summed E-state index contributed by atoms with van der Waals surface area (Å²) in [5.74, 6) is 2.20. The van der Waals surface area contributed by atoms with Crippen LogP contribution in [0.25, 0.3) is 0 Å². The maximum absolute atomic E-state index is 6.48. The van der Waals surface area contributed by atoms with E-state index in [4.69, 9.17) is 21.1 Å². The van der Waals surface area contributed by atoms with Gasteiger partial charge in [-0.2, -0.15) is 0 Å². The van der Waals surface area contributed by atoms with Crippen LogP contribution in [0, 0.1) is 11.3 Å². The molecule has 110 valence electrons. The van der Waals surface area contributed by atoms with Crippen molar-refractivity contribution in [1.82, 2.24) is 5.32 Å². The van der Waals surface area contributed by atoms with Crippen LogP contribution in [0.3, 0.4) is 0 Å². The van der Waals surface area contributed by atoms with E-state index in [2.05, 4.69) is 32.2 Å². The molecule has 4 heteroatoms. The number of hydrogen-bond acceptors (Lipinski definition) is 3. The second-order valence-electron chi connectivity index (χ2n) is 6.35. The summed E-state index contributed by atoms with van der Waals surface area (Å²) in [6.07, 6.45) is 1.23. The SMILES string of the molecule is CCNC(c1cc2c(cc1Cl)OCCO2)C1CC1(C)C. The fourth-order valence-corrected chi connectivity index (χ4v) is 3.36. The number of nitrogens with one attached hydrogen (secondary N) is 1. The van der Waals surface area contributed by atoms with Crippen LogP contribution in [0.1, 0.15) is 38.8 Å².